The van der Waals surface area contributed by atoms with Crippen LogP contribution in [-0.2, 0) is 11.3 Å². The van der Waals surface area contributed by atoms with E-state index in [1.54, 1.807) is 35.3 Å². The Bertz CT molecular complexity index is 1160. The summed E-state index contributed by atoms with van der Waals surface area (Å²) in [5.74, 6) is -1.81. The Labute approximate surface area is 157 Å². The fraction of sp³-hybridized carbons (Fsp3) is 0.111. The Morgan fingerprint density at radius 2 is 2.14 bits per heavy atom. The summed E-state index contributed by atoms with van der Waals surface area (Å²) in [4.78, 5) is 20.1. The highest BCUT2D eigenvalue weighted by molar-refractivity contribution is 5.89. The molecule has 0 aliphatic heterocycles. The SMILES string of the molecule is COc1c(F)cc(F)cc1-c1ccc2nc(NC(=O)Cn3ccnc3)nn2c1. The Balaban J connectivity index is 1.63. The molecule has 0 saturated heterocycles. The fourth-order valence-corrected chi connectivity index (χ4v) is 2.79. The van der Waals surface area contributed by atoms with Crippen molar-refractivity contribution in [3.63, 3.8) is 0 Å². The van der Waals surface area contributed by atoms with E-state index in [0.29, 0.717) is 11.2 Å². The zero-order valence-corrected chi connectivity index (χ0v) is 14.6. The van der Waals surface area contributed by atoms with Gasteiger partial charge in [-0.3, -0.25) is 10.1 Å². The van der Waals surface area contributed by atoms with Crippen LogP contribution in [0.5, 0.6) is 5.75 Å². The van der Waals surface area contributed by atoms with Gasteiger partial charge in [-0.2, -0.15) is 4.98 Å². The van der Waals surface area contributed by atoms with E-state index in [0.717, 1.165) is 6.07 Å². The fourth-order valence-electron chi connectivity index (χ4n) is 2.79. The second-order valence-corrected chi connectivity index (χ2v) is 5.91. The Hall–Kier alpha value is -3.82. The lowest BCUT2D eigenvalue weighted by atomic mass is 10.1. The monoisotopic (exact) mass is 384 g/mol. The van der Waals surface area contributed by atoms with Gasteiger partial charge < -0.3 is 9.30 Å². The molecule has 0 aliphatic carbocycles. The van der Waals surface area contributed by atoms with Crippen LogP contribution in [0.15, 0.2) is 49.2 Å². The zero-order chi connectivity index (χ0) is 19.7. The molecule has 3 heterocycles. The molecule has 1 aromatic carbocycles. The van der Waals surface area contributed by atoms with E-state index in [1.807, 2.05) is 0 Å². The number of carbonyl (C=O) groups excluding carboxylic acids is 1. The van der Waals surface area contributed by atoms with Crippen molar-refractivity contribution in [2.75, 3.05) is 12.4 Å². The third-order valence-corrected chi connectivity index (χ3v) is 3.99. The van der Waals surface area contributed by atoms with Crippen LogP contribution in [0.4, 0.5) is 14.7 Å². The quantitative estimate of drug-likeness (QED) is 0.571. The number of amides is 1. The molecule has 3 aromatic heterocycles. The minimum absolute atomic E-state index is 0.0700. The normalized spacial score (nSPS) is 11.0. The van der Waals surface area contributed by atoms with Crippen LogP contribution in [-0.4, -0.2) is 37.2 Å². The molecule has 0 saturated carbocycles. The Morgan fingerprint density at radius 3 is 2.89 bits per heavy atom. The lowest BCUT2D eigenvalue weighted by molar-refractivity contribution is -0.116. The summed E-state index contributed by atoms with van der Waals surface area (Å²) >= 11 is 0. The van der Waals surface area contributed by atoms with Crippen LogP contribution in [0, 0.1) is 11.6 Å². The van der Waals surface area contributed by atoms with Crippen molar-refractivity contribution in [3.05, 3.63) is 60.8 Å². The van der Waals surface area contributed by atoms with Crippen molar-refractivity contribution < 1.29 is 18.3 Å². The number of methoxy groups -OCH3 is 1. The average molecular weight is 384 g/mol. The Morgan fingerprint density at radius 1 is 1.29 bits per heavy atom. The smallest absolute Gasteiger partial charge is 0.249 e. The maximum absolute atomic E-state index is 14.0. The molecule has 4 aromatic rings. The highest BCUT2D eigenvalue weighted by atomic mass is 19.1. The number of nitrogens with one attached hydrogen (secondary N) is 1. The van der Waals surface area contributed by atoms with Gasteiger partial charge in [0, 0.05) is 35.8 Å². The van der Waals surface area contributed by atoms with Crippen molar-refractivity contribution >= 4 is 17.5 Å². The third kappa shape index (κ3) is 3.39. The van der Waals surface area contributed by atoms with E-state index in [-0.39, 0.29) is 29.7 Å². The minimum Gasteiger partial charge on any atom is -0.493 e. The first-order valence-corrected chi connectivity index (χ1v) is 8.19. The van der Waals surface area contributed by atoms with Crippen LogP contribution in [0.25, 0.3) is 16.8 Å². The number of ether oxygens (including phenoxy) is 1. The third-order valence-electron chi connectivity index (χ3n) is 3.99. The van der Waals surface area contributed by atoms with Gasteiger partial charge in [-0.25, -0.2) is 18.3 Å². The first-order chi connectivity index (χ1) is 13.5. The standard InChI is InChI=1S/C18H14F2N6O2/c1-28-17-13(6-12(19)7-14(17)20)11-2-3-15-22-18(24-26(15)8-11)23-16(27)9-25-5-4-21-10-25/h2-8,10H,9H2,1H3,(H,23,24,27). The van der Waals surface area contributed by atoms with Crippen molar-refractivity contribution in [1.29, 1.82) is 0 Å². The topological polar surface area (TPSA) is 86.3 Å². The highest BCUT2D eigenvalue weighted by Gasteiger charge is 2.15. The first-order valence-electron chi connectivity index (χ1n) is 8.19. The molecule has 0 aliphatic rings. The number of hydrogen-bond acceptors (Lipinski definition) is 5. The van der Waals surface area contributed by atoms with Gasteiger partial charge >= 0.3 is 0 Å². The largest absolute Gasteiger partial charge is 0.493 e. The summed E-state index contributed by atoms with van der Waals surface area (Å²) in [6.45, 7) is 0.0700. The first kappa shape index (κ1) is 17.6. The number of anilines is 1. The molecule has 8 nitrogen and oxygen atoms in total. The highest BCUT2D eigenvalue weighted by Crippen LogP contribution is 2.33. The Kier molecular flexibility index (Phi) is 4.44. The molecule has 1 N–H and O–H groups in total. The summed E-state index contributed by atoms with van der Waals surface area (Å²) in [6, 6.07) is 5.19. The summed E-state index contributed by atoms with van der Waals surface area (Å²) in [5.41, 5.74) is 1.17. The van der Waals surface area contributed by atoms with Crippen molar-refractivity contribution in [1.82, 2.24) is 24.1 Å². The second-order valence-electron chi connectivity index (χ2n) is 5.91. The summed E-state index contributed by atoms with van der Waals surface area (Å²) < 4.78 is 35.7. The van der Waals surface area contributed by atoms with Gasteiger partial charge in [0.05, 0.1) is 13.4 Å². The summed E-state index contributed by atoms with van der Waals surface area (Å²) in [5, 5.41) is 6.78. The van der Waals surface area contributed by atoms with Gasteiger partial charge in [-0.05, 0) is 18.2 Å². The lowest BCUT2D eigenvalue weighted by Crippen LogP contribution is -2.18. The van der Waals surface area contributed by atoms with Crippen molar-refractivity contribution in [3.8, 4) is 16.9 Å². The second kappa shape index (κ2) is 7.06. The number of hydrogen-bond donors (Lipinski definition) is 1. The molecule has 0 radical (unpaired) electrons. The van der Waals surface area contributed by atoms with E-state index in [1.165, 1.54) is 24.0 Å². The van der Waals surface area contributed by atoms with E-state index in [9.17, 15) is 13.6 Å². The number of fused-ring (bicyclic) bond motifs is 1. The summed E-state index contributed by atoms with van der Waals surface area (Å²) in [7, 11) is 1.31. The number of imidazole rings is 1. The molecule has 0 unspecified atom stereocenters. The molecule has 28 heavy (non-hydrogen) atoms. The molecule has 142 valence electrons. The van der Waals surface area contributed by atoms with Gasteiger partial charge in [0.2, 0.25) is 11.9 Å². The van der Waals surface area contributed by atoms with E-state index < -0.39 is 11.6 Å². The van der Waals surface area contributed by atoms with Gasteiger partial charge in [-0.15, -0.1) is 5.10 Å². The molecule has 10 heteroatoms. The lowest BCUT2D eigenvalue weighted by Gasteiger charge is -2.10. The summed E-state index contributed by atoms with van der Waals surface area (Å²) in [6.07, 6.45) is 6.30. The van der Waals surface area contributed by atoms with Crippen molar-refractivity contribution in [2.45, 2.75) is 6.54 Å². The number of aromatic nitrogens is 5. The van der Waals surface area contributed by atoms with Crippen LogP contribution in [0.2, 0.25) is 0 Å². The molecule has 0 fully saturated rings. The van der Waals surface area contributed by atoms with Gasteiger partial charge in [-0.1, -0.05) is 0 Å². The van der Waals surface area contributed by atoms with Crippen LogP contribution < -0.4 is 10.1 Å². The van der Waals surface area contributed by atoms with Crippen molar-refractivity contribution in [2.24, 2.45) is 0 Å². The molecule has 4 rings (SSSR count). The molecule has 0 atom stereocenters. The van der Waals surface area contributed by atoms with Gasteiger partial charge in [0.15, 0.2) is 17.2 Å². The number of benzene rings is 1. The minimum atomic E-state index is -0.802. The number of pyridine rings is 1. The van der Waals surface area contributed by atoms with Crippen LogP contribution in [0.3, 0.4) is 0 Å². The maximum atomic E-state index is 14.0. The van der Waals surface area contributed by atoms with Gasteiger partial charge in [0.1, 0.15) is 12.4 Å². The molecule has 0 bridgehead atoms. The van der Waals surface area contributed by atoms with E-state index in [2.05, 4.69) is 20.4 Å². The molecule has 0 spiro atoms. The number of nitrogens with zero attached hydrogens (tertiary/aromatic N) is 5. The predicted molar refractivity (Wildman–Crippen MR) is 95.7 cm³/mol. The van der Waals surface area contributed by atoms with Crippen LogP contribution in [0.1, 0.15) is 0 Å². The predicted octanol–water partition coefficient (Wildman–Crippen LogP) is 2.52. The number of rotatable bonds is 5. The van der Waals surface area contributed by atoms with E-state index in [4.69, 9.17) is 4.74 Å². The van der Waals surface area contributed by atoms with Gasteiger partial charge in [0.25, 0.3) is 0 Å². The van der Waals surface area contributed by atoms with Crippen LogP contribution >= 0.6 is 0 Å². The maximum Gasteiger partial charge on any atom is 0.249 e. The number of halogens is 2. The van der Waals surface area contributed by atoms with E-state index >= 15 is 0 Å². The average Bonchev–Trinajstić information content (AvgIpc) is 3.29. The molecular weight excluding hydrogens is 370 g/mol. The molecular formula is C18H14F2N6O2. The number of carbonyl (C=O) groups is 1. The molecule has 1 amide bonds. The zero-order valence-electron chi connectivity index (χ0n) is 14.6.